The molecule has 0 bridgehead atoms. The van der Waals surface area contributed by atoms with Gasteiger partial charge in [-0.3, -0.25) is 9.69 Å². The summed E-state index contributed by atoms with van der Waals surface area (Å²) in [7, 11) is 1.31. The molecule has 2 aromatic carbocycles. The summed E-state index contributed by atoms with van der Waals surface area (Å²) in [6, 6.07) is 15.0. The monoisotopic (exact) mass is 363 g/mol. The number of ether oxygens (including phenoxy) is 1. The molecule has 1 fully saturated rings. The van der Waals surface area contributed by atoms with E-state index in [9.17, 15) is 18.0 Å². The zero-order valence-corrected chi connectivity index (χ0v) is 14.4. The average molecular weight is 363 g/mol. The minimum absolute atomic E-state index is 0.325. The van der Waals surface area contributed by atoms with Crippen molar-refractivity contribution in [3.05, 3.63) is 71.3 Å². The van der Waals surface area contributed by atoms with E-state index in [4.69, 9.17) is 4.74 Å². The molecule has 2 atom stereocenters. The van der Waals surface area contributed by atoms with Crippen LogP contribution in [0.5, 0.6) is 0 Å². The quantitative estimate of drug-likeness (QED) is 0.766. The van der Waals surface area contributed by atoms with Crippen LogP contribution in [0.3, 0.4) is 0 Å². The molecule has 1 aliphatic heterocycles. The van der Waals surface area contributed by atoms with E-state index in [1.54, 1.807) is 6.07 Å². The highest BCUT2D eigenvalue weighted by atomic mass is 19.4. The van der Waals surface area contributed by atoms with Crippen LogP contribution in [0.25, 0.3) is 0 Å². The first kappa shape index (κ1) is 18.5. The third-order valence-corrected chi connectivity index (χ3v) is 4.79. The van der Waals surface area contributed by atoms with Crippen molar-refractivity contribution in [3.63, 3.8) is 0 Å². The molecule has 138 valence electrons. The summed E-state index contributed by atoms with van der Waals surface area (Å²) in [6.07, 6.45) is -4.40. The molecule has 0 amide bonds. The average Bonchev–Trinajstić information content (AvgIpc) is 3.05. The maximum absolute atomic E-state index is 13.0. The van der Waals surface area contributed by atoms with Gasteiger partial charge in [-0.1, -0.05) is 48.5 Å². The lowest BCUT2D eigenvalue weighted by molar-refractivity contribution is -0.145. The summed E-state index contributed by atoms with van der Waals surface area (Å²) in [5.74, 6) is -1.19. The van der Waals surface area contributed by atoms with Gasteiger partial charge in [0.15, 0.2) is 0 Å². The minimum Gasteiger partial charge on any atom is -0.469 e. The highest BCUT2D eigenvalue weighted by Gasteiger charge is 2.40. The standard InChI is InChI=1S/C20H20F3NO2/c1-26-19(25)18-13-24(11-14-6-3-2-4-7-14)12-17(18)15-8-5-9-16(10-15)20(21,22)23/h2-10,17-18H,11-13H2,1H3/t17-,18+/m1/s1. The second-order valence-corrected chi connectivity index (χ2v) is 6.54. The molecular formula is C20H20F3NO2. The molecule has 1 heterocycles. The van der Waals surface area contributed by atoms with Crippen molar-refractivity contribution in [1.82, 2.24) is 4.90 Å². The van der Waals surface area contributed by atoms with Crippen molar-refractivity contribution >= 4 is 5.97 Å². The molecule has 2 aromatic rings. The van der Waals surface area contributed by atoms with Gasteiger partial charge in [0, 0.05) is 25.6 Å². The van der Waals surface area contributed by atoms with Gasteiger partial charge in [-0.2, -0.15) is 13.2 Å². The van der Waals surface area contributed by atoms with Gasteiger partial charge in [0.1, 0.15) is 0 Å². The Hall–Kier alpha value is -2.34. The summed E-state index contributed by atoms with van der Waals surface area (Å²) >= 11 is 0. The number of alkyl halides is 3. The first-order valence-corrected chi connectivity index (χ1v) is 8.39. The Morgan fingerprint density at radius 3 is 2.50 bits per heavy atom. The van der Waals surface area contributed by atoms with E-state index in [1.165, 1.54) is 13.2 Å². The Morgan fingerprint density at radius 1 is 1.12 bits per heavy atom. The van der Waals surface area contributed by atoms with Crippen LogP contribution in [0.2, 0.25) is 0 Å². The normalized spacial score (nSPS) is 20.9. The lowest BCUT2D eigenvalue weighted by Crippen LogP contribution is -2.24. The summed E-state index contributed by atoms with van der Waals surface area (Å²) in [5.41, 5.74) is 0.923. The Bertz CT molecular complexity index is 761. The molecule has 0 N–H and O–H groups in total. The highest BCUT2D eigenvalue weighted by Crippen LogP contribution is 2.37. The number of halogens is 3. The summed E-state index contributed by atoms with van der Waals surface area (Å²) in [6.45, 7) is 1.61. The molecule has 0 aromatic heterocycles. The van der Waals surface area contributed by atoms with E-state index in [2.05, 4.69) is 4.90 Å². The molecule has 1 saturated heterocycles. The van der Waals surface area contributed by atoms with Gasteiger partial charge >= 0.3 is 12.1 Å². The van der Waals surface area contributed by atoms with Crippen LogP contribution in [-0.4, -0.2) is 31.1 Å². The fourth-order valence-electron chi connectivity index (χ4n) is 3.53. The predicted molar refractivity (Wildman–Crippen MR) is 91.4 cm³/mol. The Morgan fingerprint density at radius 2 is 1.85 bits per heavy atom. The summed E-state index contributed by atoms with van der Waals surface area (Å²) < 4.78 is 44.0. The van der Waals surface area contributed by atoms with Crippen LogP contribution < -0.4 is 0 Å². The third kappa shape index (κ3) is 4.07. The molecule has 0 aliphatic carbocycles. The van der Waals surface area contributed by atoms with Gasteiger partial charge in [-0.25, -0.2) is 0 Å². The Balaban J connectivity index is 1.85. The van der Waals surface area contributed by atoms with Gasteiger partial charge in [-0.15, -0.1) is 0 Å². The van der Waals surface area contributed by atoms with E-state index in [1.807, 2.05) is 30.3 Å². The number of methoxy groups -OCH3 is 1. The Labute approximate surface area is 150 Å². The lowest BCUT2D eigenvalue weighted by Gasteiger charge is -2.18. The smallest absolute Gasteiger partial charge is 0.416 e. The molecule has 0 unspecified atom stereocenters. The zero-order chi connectivity index (χ0) is 18.7. The van der Waals surface area contributed by atoms with Gasteiger partial charge in [-0.05, 0) is 17.2 Å². The lowest BCUT2D eigenvalue weighted by atomic mass is 9.88. The number of carbonyl (C=O) groups is 1. The van der Waals surface area contributed by atoms with Crippen molar-refractivity contribution in [2.75, 3.05) is 20.2 Å². The van der Waals surface area contributed by atoms with Crippen molar-refractivity contribution in [1.29, 1.82) is 0 Å². The minimum atomic E-state index is -4.40. The SMILES string of the molecule is COC(=O)[C@H]1CN(Cc2ccccc2)C[C@@H]1c1cccc(C(F)(F)F)c1. The number of carbonyl (C=O) groups excluding carboxylic acids is 1. The summed E-state index contributed by atoms with van der Waals surface area (Å²) in [4.78, 5) is 14.3. The van der Waals surface area contributed by atoms with E-state index in [0.29, 0.717) is 25.2 Å². The first-order chi connectivity index (χ1) is 12.4. The van der Waals surface area contributed by atoms with Crippen LogP contribution in [0, 0.1) is 5.92 Å². The maximum Gasteiger partial charge on any atom is 0.416 e. The van der Waals surface area contributed by atoms with Gasteiger partial charge < -0.3 is 4.74 Å². The molecule has 26 heavy (non-hydrogen) atoms. The molecule has 1 aliphatic rings. The second kappa shape index (κ2) is 7.50. The molecule has 3 rings (SSSR count). The second-order valence-electron chi connectivity index (χ2n) is 6.54. The number of hydrogen-bond acceptors (Lipinski definition) is 3. The van der Waals surface area contributed by atoms with Gasteiger partial charge in [0.25, 0.3) is 0 Å². The number of benzene rings is 2. The number of likely N-dealkylation sites (tertiary alicyclic amines) is 1. The van der Waals surface area contributed by atoms with E-state index >= 15 is 0 Å². The molecule has 0 radical (unpaired) electrons. The van der Waals surface area contributed by atoms with Crippen LogP contribution in [0.1, 0.15) is 22.6 Å². The maximum atomic E-state index is 13.0. The van der Waals surface area contributed by atoms with Crippen molar-refractivity contribution in [3.8, 4) is 0 Å². The van der Waals surface area contributed by atoms with Gasteiger partial charge in [0.05, 0.1) is 18.6 Å². The van der Waals surface area contributed by atoms with Crippen LogP contribution in [-0.2, 0) is 22.3 Å². The zero-order valence-electron chi connectivity index (χ0n) is 14.4. The van der Waals surface area contributed by atoms with Crippen molar-refractivity contribution in [2.45, 2.75) is 18.6 Å². The fourth-order valence-corrected chi connectivity index (χ4v) is 3.53. The van der Waals surface area contributed by atoms with Crippen LogP contribution in [0.4, 0.5) is 13.2 Å². The molecular weight excluding hydrogens is 343 g/mol. The third-order valence-electron chi connectivity index (χ3n) is 4.79. The molecule has 6 heteroatoms. The fraction of sp³-hybridized carbons (Fsp3) is 0.350. The van der Waals surface area contributed by atoms with E-state index in [0.717, 1.165) is 17.7 Å². The topological polar surface area (TPSA) is 29.5 Å². The molecule has 3 nitrogen and oxygen atoms in total. The van der Waals surface area contributed by atoms with E-state index in [-0.39, 0.29) is 11.9 Å². The summed E-state index contributed by atoms with van der Waals surface area (Å²) in [5, 5.41) is 0. The largest absolute Gasteiger partial charge is 0.469 e. The van der Waals surface area contributed by atoms with Crippen LogP contribution in [0.15, 0.2) is 54.6 Å². The van der Waals surface area contributed by atoms with E-state index < -0.39 is 17.7 Å². The van der Waals surface area contributed by atoms with Crippen molar-refractivity contribution < 1.29 is 22.7 Å². The highest BCUT2D eigenvalue weighted by molar-refractivity contribution is 5.74. The van der Waals surface area contributed by atoms with Crippen LogP contribution >= 0.6 is 0 Å². The molecule has 0 spiro atoms. The molecule has 0 saturated carbocycles. The predicted octanol–water partition coefficient (Wildman–Crippen LogP) is 4.09. The first-order valence-electron chi connectivity index (χ1n) is 8.39. The number of hydrogen-bond donors (Lipinski definition) is 0. The van der Waals surface area contributed by atoms with Gasteiger partial charge in [0.2, 0.25) is 0 Å². The van der Waals surface area contributed by atoms with Crippen molar-refractivity contribution in [2.24, 2.45) is 5.92 Å². The Kier molecular flexibility index (Phi) is 5.32. The number of nitrogens with zero attached hydrogens (tertiary/aromatic N) is 1. The number of esters is 1. The number of rotatable bonds is 4.